The molecule has 3 heteroatoms. The van der Waals surface area contributed by atoms with E-state index >= 15 is 0 Å². The van der Waals surface area contributed by atoms with Gasteiger partial charge in [0.2, 0.25) is 5.91 Å². The zero-order chi connectivity index (χ0) is 10.8. The minimum Gasteiger partial charge on any atom is -0.368 e. The maximum absolute atomic E-state index is 10.8. The number of rotatable bonds is 3. The molecule has 15 heavy (non-hydrogen) atoms. The third-order valence-electron chi connectivity index (χ3n) is 2.98. The predicted molar refractivity (Wildman–Crippen MR) is 59.3 cm³/mol. The van der Waals surface area contributed by atoms with Crippen molar-refractivity contribution < 1.29 is 4.79 Å². The van der Waals surface area contributed by atoms with E-state index in [0.717, 1.165) is 12.0 Å². The normalized spacial score (nSPS) is 16.1. The highest BCUT2D eigenvalue weighted by atomic mass is 16.1. The number of nitrogens with two attached hydrogens (primary N) is 2. The van der Waals surface area contributed by atoms with E-state index in [1.165, 1.54) is 24.0 Å². The van der Waals surface area contributed by atoms with Crippen molar-refractivity contribution in [3.05, 3.63) is 34.9 Å². The smallest absolute Gasteiger partial charge is 0.234 e. The second-order valence-electron chi connectivity index (χ2n) is 4.17. The molecule has 0 radical (unpaired) electrons. The van der Waals surface area contributed by atoms with Crippen molar-refractivity contribution in [3.8, 4) is 0 Å². The molecule has 1 aliphatic rings. The fourth-order valence-corrected chi connectivity index (χ4v) is 2.11. The maximum atomic E-state index is 10.8. The van der Waals surface area contributed by atoms with Gasteiger partial charge in [0.25, 0.3) is 0 Å². The summed E-state index contributed by atoms with van der Waals surface area (Å²) in [7, 11) is 0. The molecule has 4 N–H and O–H groups in total. The number of amides is 1. The molecule has 0 bridgehead atoms. The molecule has 1 aromatic rings. The van der Waals surface area contributed by atoms with Gasteiger partial charge >= 0.3 is 0 Å². The van der Waals surface area contributed by atoms with Gasteiger partial charge in [0.05, 0.1) is 6.04 Å². The molecule has 1 atom stereocenters. The van der Waals surface area contributed by atoms with Gasteiger partial charge < -0.3 is 11.5 Å². The highest BCUT2D eigenvalue weighted by Gasteiger charge is 2.14. The van der Waals surface area contributed by atoms with Crippen LogP contribution in [-0.2, 0) is 24.1 Å². The van der Waals surface area contributed by atoms with Crippen molar-refractivity contribution in [1.82, 2.24) is 0 Å². The molecule has 0 heterocycles. The van der Waals surface area contributed by atoms with Crippen molar-refractivity contribution in [3.63, 3.8) is 0 Å². The Bertz CT molecular complexity index is 387. The van der Waals surface area contributed by atoms with Crippen molar-refractivity contribution >= 4 is 5.91 Å². The Morgan fingerprint density at radius 3 is 2.80 bits per heavy atom. The highest BCUT2D eigenvalue weighted by molar-refractivity contribution is 5.79. The van der Waals surface area contributed by atoms with Gasteiger partial charge in [0, 0.05) is 0 Å². The molecule has 1 aromatic carbocycles. The number of carbonyl (C=O) groups is 1. The first-order valence-electron chi connectivity index (χ1n) is 5.32. The van der Waals surface area contributed by atoms with E-state index < -0.39 is 11.9 Å². The Hall–Kier alpha value is -1.35. The highest BCUT2D eigenvalue weighted by Crippen LogP contribution is 2.23. The lowest BCUT2D eigenvalue weighted by atomic mass is 10.0. The second-order valence-corrected chi connectivity index (χ2v) is 4.17. The summed E-state index contributed by atoms with van der Waals surface area (Å²) in [4.78, 5) is 10.8. The maximum Gasteiger partial charge on any atom is 0.234 e. The van der Waals surface area contributed by atoms with E-state index in [1.54, 1.807) is 0 Å². The van der Waals surface area contributed by atoms with Gasteiger partial charge in [-0.15, -0.1) is 0 Å². The Balaban J connectivity index is 2.13. The van der Waals surface area contributed by atoms with E-state index in [2.05, 4.69) is 12.1 Å². The summed E-state index contributed by atoms with van der Waals surface area (Å²) in [5, 5.41) is 0. The third-order valence-corrected chi connectivity index (χ3v) is 2.98. The van der Waals surface area contributed by atoms with Gasteiger partial charge in [-0.05, 0) is 42.4 Å². The summed E-state index contributed by atoms with van der Waals surface area (Å²) in [5.41, 5.74) is 14.7. The fraction of sp³-hybridized carbons (Fsp3) is 0.417. The van der Waals surface area contributed by atoms with Crippen molar-refractivity contribution in [2.75, 3.05) is 0 Å². The first-order valence-corrected chi connectivity index (χ1v) is 5.32. The molecular formula is C12H16N2O. The third kappa shape index (κ3) is 2.18. The SMILES string of the molecule is NC(=O)C(N)Cc1ccc2c(c1)CCC2. The quantitative estimate of drug-likeness (QED) is 0.754. The number of carbonyl (C=O) groups excluding carboxylic acids is 1. The van der Waals surface area contributed by atoms with Crippen LogP contribution < -0.4 is 11.5 Å². The summed E-state index contributed by atoms with van der Waals surface area (Å²) < 4.78 is 0. The molecule has 0 fully saturated rings. The number of benzene rings is 1. The van der Waals surface area contributed by atoms with Crippen LogP contribution in [0.3, 0.4) is 0 Å². The number of primary amides is 1. The first-order chi connectivity index (χ1) is 7.16. The monoisotopic (exact) mass is 204 g/mol. The van der Waals surface area contributed by atoms with Crippen LogP contribution in [0.25, 0.3) is 0 Å². The van der Waals surface area contributed by atoms with Gasteiger partial charge in [-0.25, -0.2) is 0 Å². The van der Waals surface area contributed by atoms with Gasteiger partial charge in [-0.3, -0.25) is 4.79 Å². The molecule has 0 spiro atoms. The predicted octanol–water partition coefficient (Wildman–Crippen LogP) is 0.530. The number of aryl methyl sites for hydroxylation is 2. The lowest BCUT2D eigenvalue weighted by molar-refractivity contribution is -0.119. The van der Waals surface area contributed by atoms with Gasteiger partial charge in [-0.2, -0.15) is 0 Å². The lowest BCUT2D eigenvalue weighted by Crippen LogP contribution is -2.38. The Kier molecular flexibility index (Phi) is 2.73. The minimum atomic E-state index is -0.565. The molecule has 1 unspecified atom stereocenters. The number of fused-ring (bicyclic) bond motifs is 1. The molecule has 1 aliphatic carbocycles. The van der Waals surface area contributed by atoms with Gasteiger partial charge in [0.15, 0.2) is 0 Å². The second kappa shape index (κ2) is 4.03. The number of hydrogen-bond acceptors (Lipinski definition) is 2. The van der Waals surface area contributed by atoms with Crippen molar-refractivity contribution in [2.24, 2.45) is 11.5 Å². The summed E-state index contributed by atoms with van der Waals surface area (Å²) in [6, 6.07) is 5.79. The fourth-order valence-electron chi connectivity index (χ4n) is 2.11. The van der Waals surface area contributed by atoms with Crippen LogP contribution in [-0.4, -0.2) is 11.9 Å². The van der Waals surface area contributed by atoms with Crippen LogP contribution in [0.15, 0.2) is 18.2 Å². The Morgan fingerprint density at radius 1 is 1.33 bits per heavy atom. The van der Waals surface area contributed by atoms with E-state index in [0.29, 0.717) is 6.42 Å². The topological polar surface area (TPSA) is 69.1 Å². The molecule has 1 amide bonds. The van der Waals surface area contributed by atoms with E-state index in [4.69, 9.17) is 11.5 Å². The first kappa shape index (κ1) is 10.2. The largest absolute Gasteiger partial charge is 0.368 e. The average molecular weight is 204 g/mol. The Labute approximate surface area is 89.5 Å². The zero-order valence-electron chi connectivity index (χ0n) is 8.70. The Morgan fingerprint density at radius 2 is 2.07 bits per heavy atom. The van der Waals surface area contributed by atoms with E-state index in [-0.39, 0.29) is 0 Å². The number of hydrogen-bond donors (Lipinski definition) is 2. The van der Waals surface area contributed by atoms with Crippen LogP contribution in [0, 0.1) is 0 Å². The molecule has 0 aliphatic heterocycles. The zero-order valence-corrected chi connectivity index (χ0v) is 8.70. The lowest BCUT2D eigenvalue weighted by Gasteiger charge is -2.08. The molecule has 0 saturated heterocycles. The van der Waals surface area contributed by atoms with Gasteiger partial charge in [-0.1, -0.05) is 18.2 Å². The van der Waals surface area contributed by atoms with Crippen LogP contribution in [0.5, 0.6) is 0 Å². The summed E-state index contributed by atoms with van der Waals surface area (Å²) in [5.74, 6) is -0.435. The van der Waals surface area contributed by atoms with Crippen molar-refractivity contribution in [2.45, 2.75) is 31.7 Å². The van der Waals surface area contributed by atoms with E-state index in [9.17, 15) is 4.79 Å². The van der Waals surface area contributed by atoms with Crippen molar-refractivity contribution in [1.29, 1.82) is 0 Å². The molecule has 3 nitrogen and oxygen atoms in total. The van der Waals surface area contributed by atoms with E-state index in [1.807, 2.05) is 6.07 Å². The summed E-state index contributed by atoms with van der Waals surface area (Å²) >= 11 is 0. The molecule has 0 aromatic heterocycles. The summed E-state index contributed by atoms with van der Waals surface area (Å²) in [6.45, 7) is 0. The molecule has 80 valence electrons. The molecule has 2 rings (SSSR count). The standard InChI is InChI=1S/C12H16N2O/c13-11(12(14)15)7-8-4-5-9-2-1-3-10(9)6-8/h4-6,11H,1-3,7,13H2,(H2,14,15). The van der Waals surface area contributed by atoms with Crippen LogP contribution in [0.4, 0.5) is 0 Å². The minimum absolute atomic E-state index is 0.435. The molecule has 0 saturated carbocycles. The van der Waals surface area contributed by atoms with Crippen LogP contribution >= 0.6 is 0 Å². The van der Waals surface area contributed by atoms with Crippen LogP contribution in [0.2, 0.25) is 0 Å². The van der Waals surface area contributed by atoms with Gasteiger partial charge in [0.1, 0.15) is 0 Å². The average Bonchev–Trinajstić information content (AvgIpc) is 2.64. The summed E-state index contributed by atoms with van der Waals surface area (Å²) in [6.07, 6.45) is 4.11. The van der Waals surface area contributed by atoms with Crippen LogP contribution in [0.1, 0.15) is 23.1 Å². The molecular weight excluding hydrogens is 188 g/mol.